The van der Waals surface area contributed by atoms with Crippen LogP contribution in [0.2, 0.25) is 0 Å². The van der Waals surface area contributed by atoms with Crippen LogP contribution < -0.4 is 5.32 Å². The van der Waals surface area contributed by atoms with Gasteiger partial charge in [0.1, 0.15) is 0 Å². The molecule has 1 rings (SSSR count). The van der Waals surface area contributed by atoms with Gasteiger partial charge in [-0.05, 0) is 30.6 Å². The third-order valence-electron chi connectivity index (χ3n) is 4.29. The lowest BCUT2D eigenvalue weighted by Gasteiger charge is -2.39. The fraction of sp³-hybridized carbons (Fsp3) is 1.00. The number of aliphatic hydroxyl groups excluding tert-OH is 1. The molecule has 3 atom stereocenters. The summed E-state index contributed by atoms with van der Waals surface area (Å²) in [6, 6.07) is 0.643. The van der Waals surface area contributed by atoms with Crippen molar-refractivity contribution in [1.82, 2.24) is 5.32 Å². The summed E-state index contributed by atoms with van der Waals surface area (Å²) in [6.07, 6.45) is 4.03. The molecule has 0 radical (unpaired) electrons. The first kappa shape index (κ1) is 15.0. The Hall–Kier alpha value is -0.0800. The van der Waals surface area contributed by atoms with E-state index >= 15 is 0 Å². The Morgan fingerprint density at radius 2 is 1.94 bits per heavy atom. The fourth-order valence-corrected chi connectivity index (χ4v) is 2.90. The van der Waals surface area contributed by atoms with Crippen molar-refractivity contribution >= 4 is 0 Å². The summed E-state index contributed by atoms with van der Waals surface area (Å²) < 4.78 is 0. The van der Waals surface area contributed by atoms with Gasteiger partial charge in [0, 0.05) is 24.6 Å². The second kappa shape index (κ2) is 6.19. The Morgan fingerprint density at radius 1 is 1.29 bits per heavy atom. The van der Waals surface area contributed by atoms with Crippen LogP contribution in [0.4, 0.5) is 0 Å². The van der Waals surface area contributed by atoms with Gasteiger partial charge in [0.15, 0.2) is 0 Å². The molecule has 0 aromatic heterocycles. The third kappa shape index (κ3) is 4.59. The summed E-state index contributed by atoms with van der Waals surface area (Å²) in [4.78, 5) is 0. The summed E-state index contributed by atoms with van der Waals surface area (Å²) in [5.41, 5.74) is 0.00220. The van der Waals surface area contributed by atoms with Crippen LogP contribution in [0.5, 0.6) is 0 Å². The highest BCUT2D eigenvalue weighted by atomic mass is 16.3. The molecule has 1 aliphatic rings. The van der Waals surface area contributed by atoms with Crippen LogP contribution in [0, 0.1) is 23.2 Å². The Bertz CT molecular complexity index is 225. The van der Waals surface area contributed by atoms with Crippen LogP contribution in [0.1, 0.15) is 53.9 Å². The molecular formula is C15H31NO. The number of hydrogen-bond donors (Lipinski definition) is 2. The molecule has 0 heterocycles. The highest BCUT2D eigenvalue weighted by molar-refractivity contribution is 4.86. The maximum atomic E-state index is 9.31. The maximum absolute atomic E-state index is 9.31. The van der Waals surface area contributed by atoms with Crippen molar-refractivity contribution in [2.24, 2.45) is 23.2 Å². The van der Waals surface area contributed by atoms with Crippen LogP contribution in [0.15, 0.2) is 0 Å². The molecule has 1 aliphatic carbocycles. The summed E-state index contributed by atoms with van der Waals surface area (Å²) in [7, 11) is 0. The summed E-state index contributed by atoms with van der Waals surface area (Å²) in [6.45, 7) is 12.5. The number of hydrogen-bond acceptors (Lipinski definition) is 2. The van der Waals surface area contributed by atoms with E-state index in [1.807, 2.05) is 0 Å². The fourth-order valence-electron chi connectivity index (χ4n) is 2.90. The Labute approximate surface area is 107 Å². The van der Waals surface area contributed by atoms with E-state index < -0.39 is 0 Å². The molecule has 1 saturated carbocycles. The van der Waals surface area contributed by atoms with Crippen LogP contribution >= 0.6 is 0 Å². The third-order valence-corrected chi connectivity index (χ3v) is 4.29. The van der Waals surface area contributed by atoms with Gasteiger partial charge in [-0.2, -0.15) is 0 Å². The Balaban J connectivity index is 2.52. The molecular weight excluding hydrogens is 210 g/mol. The summed E-state index contributed by atoms with van der Waals surface area (Å²) in [5.74, 6) is 2.41. The van der Waals surface area contributed by atoms with Crippen molar-refractivity contribution in [2.45, 2.75) is 59.9 Å². The molecule has 0 saturated heterocycles. The van der Waals surface area contributed by atoms with Crippen LogP contribution in [-0.4, -0.2) is 24.3 Å². The van der Waals surface area contributed by atoms with Crippen molar-refractivity contribution in [3.63, 3.8) is 0 Å². The largest absolute Gasteiger partial charge is 0.396 e. The smallest absolute Gasteiger partial charge is 0.0494 e. The van der Waals surface area contributed by atoms with Crippen LogP contribution in [0.3, 0.4) is 0 Å². The van der Waals surface area contributed by atoms with Gasteiger partial charge in [-0.15, -0.1) is 0 Å². The first-order valence-electron chi connectivity index (χ1n) is 7.20. The lowest BCUT2D eigenvalue weighted by molar-refractivity contribution is 0.123. The molecule has 2 nitrogen and oxygen atoms in total. The van der Waals surface area contributed by atoms with Crippen LogP contribution in [-0.2, 0) is 0 Å². The molecule has 0 aromatic rings. The Morgan fingerprint density at radius 3 is 2.47 bits per heavy atom. The second-order valence-electron chi connectivity index (χ2n) is 7.14. The number of rotatable bonds is 5. The molecule has 0 amide bonds. The molecule has 2 N–H and O–H groups in total. The first-order chi connectivity index (χ1) is 7.85. The average molecular weight is 241 g/mol. The van der Waals surface area contributed by atoms with Gasteiger partial charge >= 0.3 is 0 Å². The molecule has 17 heavy (non-hydrogen) atoms. The van der Waals surface area contributed by atoms with Crippen LogP contribution in [0.25, 0.3) is 0 Å². The molecule has 102 valence electrons. The molecule has 2 heteroatoms. The molecule has 0 bridgehead atoms. The van der Waals surface area contributed by atoms with E-state index in [-0.39, 0.29) is 12.0 Å². The zero-order valence-electron chi connectivity index (χ0n) is 12.3. The quantitative estimate of drug-likeness (QED) is 0.775. The number of nitrogens with one attached hydrogen (secondary N) is 1. The highest BCUT2D eigenvalue weighted by Gasteiger charge is 2.31. The minimum absolute atomic E-state index is 0.00220. The minimum atomic E-state index is 0.00220. The van der Waals surface area contributed by atoms with E-state index in [1.54, 1.807) is 0 Å². The lowest BCUT2D eigenvalue weighted by atomic mass is 9.73. The van der Waals surface area contributed by atoms with Gasteiger partial charge in [0.05, 0.1) is 0 Å². The van der Waals surface area contributed by atoms with E-state index in [2.05, 4.69) is 39.9 Å². The predicted molar refractivity (Wildman–Crippen MR) is 74.0 cm³/mol. The average Bonchev–Trinajstić information content (AvgIpc) is 2.26. The predicted octanol–water partition coefficient (Wildman–Crippen LogP) is 3.06. The van der Waals surface area contributed by atoms with Gasteiger partial charge < -0.3 is 10.4 Å². The van der Waals surface area contributed by atoms with E-state index in [1.165, 1.54) is 19.3 Å². The van der Waals surface area contributed by atoms with Crippen molar-refractivity contribution in [3.8, 4) is 0 Å². The molecule has 1 fully saturated rings. The molecule has 0 aliphatic heterocycles. The van der Waals surface area contributed by atoms with Gasteiger partial charge in [-0.1, -0.05) is 41.0 Å². The van der Waals surface area contributed by atoms with E-state index in [0.717, 1.165) is 24.3 Å². The van der Waals surface area contributed by atoms with E-state index in [4.69, 9.17) is 0 Å². The molecule has 0 spiro atoms. The SMILES string of the molecule is CC1CCC(C(C)C)C(NCC(C)(C)CO)C1. The second-order valence-corrected chi connectivity index (χ2v) is 7.14. The van der Waals surface area contributed by atoms with Gasteiger partial charge in [0.2, 0.25) is 0 Å². The normalized spacial score (nSPS) is 30.9. The topological polar surface area (TPSA) is 32.3 Å². The van der Waals surface area contributed by atoms with Gasteiger partial charge in [0.25, 0.3) is 0 Å². The zero-order valence-corrected chi connectivity index (χ0v) is 12.3. The van der Waals surface area contributed by atoms with Crippen molar-refractivity contribution in [1.29, 1.82) is 0 Å². The lowest BCUT2D eigenvalue weighted by Crippen LogP contribution is -2.46. The maximum Gasteiger partial charge on any atom is 0.0494 e. The molecule has 3 unspecified atom stereocenters. The standard InChI is InChI=1S/C15H31NO/c1-11(2)13-7-6-12(3)8-14(13)16-9-15(4,5)10-17/h11-14,16-17H,6-10H2,1-5H3. The summed E-state index contributed by atoms with van der Waals surface area (Å²) in [5, 5.41) is 13.0. The van der Waals surface area contributed by atoms with Crippen molar-refractivity contribution in [3.05, 3.63) is 0 Å². The summed E-state index contributed by atoms with van der Waals surface area (Å²) >= 11 is 0. The highest BCUT2D eigenvalue weighted by Crippen LogP contribution is 2.33. The van der Waals surface area contributed by atoms with E-state index in [0.29, 0.717) is 6.04 Å². The molecule has 0 aromatic carbocycles. The minimum Gasteiger partial charge on any atom is -0.396 e. The first-order valence-corrected chi connectivity index (χ1v) is 7.20. The Kier molecular flexibility index (Phi) is 5.46. The number of aliphatic hydroxyl groups is 1. The van der Waals surface area contributed by atoms with Crippen molar-refractivity contribution < 1.29 is 5.11 Å². The van der Waals surface area contributed by atoms with Gasteiger partial charge in [-0.3, -0.25) is 0 Å². The monoisotopic (exact) mass is 241 g/mol. The zero-order chi connectivity index (χ0) is 13.1. The van der Waals surface area contributed by atoms with E-state index in [9.17, 15) is 5.11 Å². The van der Waals surface area contributed by atoms with Gasteiger partial charge in [-0.25, -0.2) is 0 Å². The van der Waals surface area contributed by atoms with Crippen molar-refractivity contribution in [2.75, 3.05) is 13.2 Å².